The molecule has 1 N–H and O–H groups in total. The van der Waals surface area contributed by atoms with Crippen molar-refractivity contribution in [2.75, 3.05) is 19.0 Å². The lowest BCUT2D eigenvalue weighted by molar-refractivity contribution is -0.140. The van der Waals surface area contributed by atoms with E-state index < -0.39 is 0 Å². The Morgan fingerprint density at radius 3 is 2.94 bits per heavy atom. The highest BCUT2D eigenvalue weighted by Crippen LogP contribution is 2.17. The number of esters is 1. The van der Waals surface area contributed by atoms with Gasteiger partial charge in [-0.25, -0.2) is 0 Å². The third-order valence-corrected chi connectivity index (χ3v) is 2.26. The molecule has 0 saturated heterocycles. The molecule has 0 atom stereocenters. The fourth-order valence-electron chi connectivity index (χ4n) is 1.36. The fraction of sp³-hybridized carbons (Fsp3) is 0.333. The number of aryl methyl sites for hydroxylation is 1. The number of hydrogen-bond acceptors (Lipinski definition) is 4. The summed E-state index contributed by atoms with van der Waals surface area (Å²) in [5.74, 6) is -0.265. The van der Waals surface area contributed by atoms with Crippen LogP contribution in [0.15, 0.2) is 18.2 Å². The Balaban J connectivity index is 2.64. The second-order valence-electron chi connectivity index (χ2n) is 3.36. The van der Waals surface area contributed by atoms with Crippen LogP contribution in [0.5, 0.6) is 0 Å². The van der Waals surface area contributed by atoms with Crippen molar-refractivity contribution in [3.8, 4) is 6.07 Å². The molecule has 0 aliphatic heterocycles. The molecule has 0 fully saturated rings. The molecule has 0 unspecified atom stereocenters. The van der Waals surface area contributed by atoms with Crippen molar-refractivity contribution >= 4 is 11.7 Å². The molecule has 0 aliphatic carbocycles. The molecule has 4 heteroatoms. The highest BCUT2D eigenvalue weighted by molar-refractivity contribution is 5.70. The number of methoxy groups -OCH3 is 1. The maximum absolute atomic E-state index is 10.9. The van der Waals surface area contributed by atoms with Gasteiger partial charge < -0.3 is 10.1 Å². The van der Waals surface area contributed by atoms with Gasteiger partial charge in [-0.1, -0.05) is 12.1 Å². The van der Waals surface area contributed by atoms with Crippen LogP contribution in [0.1, 0.15) is 17.5 Å². The van der Waals surface area contributed by atoms with Crippen molar-refractivity contribution in [1.29, 1.82) is 5.26 Å². The van der Waals surface area contributed by atoms with E-state index in [4.69, 9.17) is 5.26 Å². The molecule has 0 aliphatic rings. The number of hydrogen-bond donors (Lipinski definition) is 1. The summed E-state index contributed by atoms with van der Waals surface area (Å²) in [5.41, 5.74) is 2.30. The van der Waals surface area contributed by atoms with Crippen molar-refractivity contribution in [2.24, 2.45) is 0 Å². The Kier molecular flexibility index (Phi) is 4.34. The molecule has 4 nitrogen and oxygen atoms in total. The van der Waals surface area contributed by atoms with E-state index in [1.54, 1.807) is 0 Å². The quantitative estimate of drug-likeness (QED) is 0.783. The van der Waals surface area contributed by atoms with Gasteiger partial charge in [0.05, 0.1) is 24.8 Å². The second kappa shape index (κ2) is 5.76. The molecule has 0 bridgehead atoms. The highest BCUT2D eigenvalue weighted by Gasteiger charge is 2.05. The first kappa shape index (κ1) is 12.1. The monoisotopic (exact) mass is 218 g/mol. The van der Waals surface area contributed by atoms with Gasteiger partial charge in [0.1, 0.15) is 6.07 Å². The number of benzene rings is 1. The summed E-state index contributed by atoms with van der Waals surface area (Å²) in [6.45, 7) is 2.34. The zero-order chi connectivity index (χ0) is 12.0. The van der Waals surface area contributed by atoms with E-state index in [0.29, 0.717) is 12.1 Å². The standard InChI is InChI=1S/C12H14N2O2/c1-9-4-3-5-11(10(9)8-13)14-7-6-12(15)16-2/h3-5,14H,6-7H2,1-2H3. The molecule has 0 aromatic heterocycles. The van der Waals surface area contributed by atoms with E-state index in [1.807, 2.05) is 25.1 Å². The summed E-state index contributed by atoms with van der Waals surface area (Å²) in [6, 6.07) is 7.71. The SMILES string of the molecule is COC(=O)CCNc1cccc(C)c1C#N. The minimum Gasteiger partial charge on any atom is -0.469 e. The molecule has 0 saturated carbocycles. The average Bonchev–Trinajstić information content (AvgIpc) is 2.29. The van der Waals surface area contributed by atoms with Crippen LogP contribution < -0.4 is 5.32 Å². The molecule has 0 amide bonds. The highest BCUT2D eigenvalue weighted by atomic mass is 16.5. The predicted octanol–water partition coefficient (Wildman–Crippen LogP) is 1.84. The smallest absolute Gasteiger partial charge is 0.307 e. The normalized spacial score (nSPS) is 9.31. The maximum atomic E-state index is 10.9. The summed E-state index contributed by atoms with van der Waals surface area (Å²) in [7, 11) is 1.36. The van der Waals surface area contributed by atoms with E-state index in [1.165, 1.54) is 7.11 Å². The predicted molar refractivity (Wildman–Crippen MR) is 61.0 cm³/mol. The largest absolute Gasteiger partial charge is 0.469 e. The van der Waals surface area contributed by atoms with E-state index in [2.05, 4.69) is 16.1 Å². The van der Waals surface area contributed by atoms with Crippen LogP contribution in [0.4, 0.5) is 5.69 Å². The van der Waals surface area contributed by atoms with Gasteiger partial charge in [0.2, 0.25) is 0 Å². The summed E-state index contributed by atoms with van der Waals surface area (Å²) >= 11 is 0. The van der Waals surface area contributed by atoms with Crippen molar-refractivity contribution in [3.63, 3.8) is 0 Å². The summed E-state index contributed by atoms with van der Waals surface area (Å²) in [5, 5.41) is 12.0. The zero-order valence-corrected chi connectivity index (χ0v) is 9.41. The third kappa shape index (κ3) is 2.99. The van der Waals surface area contributed by atoms with Crippen molar-refractivity contribution in [3.05, 3.63) is 29.3 Å². The van der Waals surface area contributed by atoms with Crippen molar-refractivity contribution in [2.45, 2.75) is 13.3 Å². The average molecular weight is 218 g/mol. The van der Waals surface area contributed by atoms with Gasteiger partial charge in [-0.15, -0.1) is 0 Å². The summed E-state index contributed by atoms with van der Waals surface area (Å²) < 4.78 is 4.52. The third-order valence-electron chi connectivity index (χ3n) is 2.26. The first-order chi connectivity index (χ1) is 7.69. The summed E-state index contributed by atoms with van der Waals surface area (Å²) in [4.78, 5) is 10.9. The van der Waals surface area contributed by atoms with Crippen LogP contribution >= 0.6 is 0 Å². The number of carbonyl (C=O) groups is 1. The Morgan fingerprint density at radius 2 is 2.31 bits per heavy atom. The molecular weight excluding hydrogens is 204 g/mol. The second-order valence-corrected chi connectivity index (χ2v) is 3.36. The van der Waals surface area contributed by atoms with Crippen LogP contribution in [0.25, 0.3) is 0 Å². The number of rotatable bonds is 4. The lowest BCUT2D eigenvalue weighted by Crippen LogP contribution is -2.10. The number of nitrogens with one attached hydrogen (secondary N) is 1. The number of ether oxygens (including phenoxy) is 1. The van der Waals surface area contributed by atoms with Gasteiger partial charge in [0.15, 0.2) is 0 Å². The van der Waals surface area contributed by atoms with Gasteiger partial charge in [0, 0.05) is 6.54 Å². The van der Waals surface area contributed by atoms with Gasteiger partial charge in [-0.2, -0.15) is 5.26 Å². The molecule has 1 aromatic carbocycles. The topological polar surface area (TPSA) is 62.1 Å². The zero-order valence-electron chi connectivity index (χ0n) is 9.41. The van der Waals surface area contributed by atoms with Crippen LogP contribution in [-0.4, -0.2) is 19.6 Å². The van der Waals surface area contributed by atoms with Crippen LogP contribution in [0.3, 0.4) is 0 Å². The van der Waals surface area contributed by atoms with E-state index >= 15 is 0 Å². The molecule has 1 rings (SSSR count). The van der Waals surface area contributed by atoms with E-state index in [0.717, 1.165) is 11.3 Å². The van der Waals surface area contributed by atoms with Gasteiger partial charge in [-0.3, -0.25) is 4.79 Å². The van der Waals surface area contributed by atoms with Crippen LogP contribution in [-0.2, 0) is 9.53 Å². The van der Waals surface area contributed by atoms with Gasteiger partial charge >= 0.3 is 5.97 Å². The Labute approximate surface area is 94.8 Å². The lowest BCUT2D eigenvalue weighted by Gasteiger charge is -2.08. The fourth-order valence-corrected chi connectivity index (χ4v) is 1.36. The molecular formula is C12H14N2O2. The van der Waals surface area contributed by atoms with Crippen LogP contribution in [0, 0.1) is 18.3 Å². The first-order valence-electron chi connectivity index (χ1n) is 4.99. The van der Waals surface area contributed by atoms with Crippen molar-refractivity contribution in [1.82, 2.24) is 0 Å². The number of anilines is 1. The Bertz CT molecular complexity index is 422. The molecule has 16 heavy (non-hydrogen) atoms. The molecule has 0 radical (unpaired) electrons. The number of carbonyl (C=O) groups excluding carboxylic acids is 1. The summed E-state index contributed by atoms with van der Waals surface area (Å²) in [6.07, 6.45) is 0.287. The minimum atomic E-state index is -0.265. The first-order valence-corrected chi connectivity index (χ1v) is 4.99. The van der Waals surface area contributed by atoms with Crippen molar-refractivity contribution < 1.29 is 9.53 Å². The molecule has 0 heterocycles. The molecule has 0 spiro atoms. The van der Waals surface area contributed by atoms with E-state index in [9.17, 15) is 4.79 Å². The molecule has 1 aromatic rings. The number of nitriles is 1. The van der Waals surface area contributed by atoms with E-state index in [-0.39, 0.29) is 12.4 Å². The molecule has 84 valence electrons. The lowest BCUT2D eigenvalue weighted by atomic mass is 10.1. The Hall–Kier alpha value is -2.02. The van der Waals surface area contributed by atoms with Gasteiger partial charge in [0.25, 0.3) is 0 Å². The minimum absolute atomic E-state index is 0.265. The van der Waals surface area contributed by atoms with Crippen LogP contribution in [0.2, 0.25) is 0 Å². The maximum Gasteiger partial charge on any atom is 0.307 e. The number of nitrogens with zero attached hydrogens (tertiary/aromatic N) is 1. The van der Waals surface area contributed by atoms with Gasteiger partial charge in [-0.05, 0) is 18.6 Å². The Morgan fingerprint density at radius 1 is 1.56 bits per heavy atom.